The molecule has 0 saturated heterocycles. The van der Waals surface area contributed by atoms with E-state index in [4.69, 9.17) is 5.73 Å². The van der Waals surface area contributed by atoms with Gasteiger partial charge in [-0.2, -0.15) is 0 Å². The van der Waals surface area contributed by atoms with Crippen molar-refractivity contribution in [3.63, 3.8) is 0 Å². The maximum atomic E-state index is 9.77. The lowest BCUT2D eigenvalue weighted by Crippen LogP contribution is -2.43. The molecule has 0 aromatic heterocycles. The number of rotatable bonds is 0. The summed E-state index contributed by atoms with van der Waals surface area (Å²) in [7, 11) is 0. The Morgan fingerprint density at radius 1 is 0.923 bits per heavy atom. The van der Waals surface area contributed by atoms with Crippen molar-refractivity contribution in [2.24, 2.45) is 17.6 Å². The van der Waals surface area contributed by atoms with Gasteiger partial charge >= 0.3 is 0 Å². The van der Waals surface area contributed by atoms with Crippen molar-refractivity contribution in [2.75, 3.05) is 0 Å². The van der Waals surface area contributed by atoms with E-state index in [9.17, 15) is 5.11 Å². The molecule has 0 aromatic rings. The monoisotopic (exact) mass is 183 g/mol. The standard InChI is InChI=1S/C11H21NO/c12-11-9-6-2-1-4-8(9)5-3-7-10(11)13/h8-11,13H,1-7,12H2/t8-,9+,10+,11-/m1/s1. The fourth-order valence-corrected chi connectivity index (χ4v) is 3.17. The molecule has 2 rings (SSSR count). The molecule has 0 amide bonds. The molecular formula is C11H21NO. The molecule has 2 aliphatic carbocycles. The van der Waals surface area contributed by atoms with Gasteiger partial charge in [0, 0.05) is 6.04 Å². The van der Waals surface area contributed by atoms with Crippen LogP contribution in [0.3, 0.4) is 0 Å². The molecule has 2 saturated carbocycles. The fraction of sp³-hybridized carbons (Fsp3) is 1.00. The number of nitrogens with two attached hydrogens (primary N) is 1. The lowest BCUT2D eigenvalue weighted by atomic mass is 9.74. The summed E-state index contributed by atoms with van der Waals surface area (Å²) in [5.74, 6) is 1.44. The maximum absolute atomic E-state index is 9.77. The van der Waals surface area contributed by atoms with Crippen LogP contribution in [0.2, 0.25) is 0 Å². The van der Waals surface area contributed by atoms with Crippen LogP contribution in [0.15, 0.2) is 0 Å². The van der Waals surface area contributed by atoms with Crippen molar-refractivity contribution in [3.05, 3.63) is 0 Å². The molecule has 2 aliphatic rings. The van der Waals surface area contributed by atoms with Crippen LogP contribution in [0.5, 0.6) is 0 Å². The molecule has 2 fully saturated rings. The first-order valence-electron chi connectivity index (χ1n) is 5.72. The number of hydrogen-bond acceptors (Lipinski definition) is 2. The summed E-state index contributed by atoms with van der Waals surface area (Å²) in [4.78, 5) is 0. The first kappa shape index (κ1) is 9.47. The number of aliphatic hydroxyl groups is 1. The second-order valence-electron chi connectivity index (χ2n) is 4.78. The molecule has 2 nitrogen and oxygen atoms in total. The first-order valence-corrected chi connectivity index (χ1v) is 5.72. The predicted octanol–water partition coefficient (Wildman–Crippen LogP) is 1.66. The highest BCUT2D eigenvalue weighted by Crippen LogP contribution is 2.38. The van der Waals surface area contributed by atoms with Crippen molar-refractivity contribution in [3.8, 4) is 0 Å². The molecule has 0 unspecified atom stereocenters. The van der Waals surface area contributed by atoms with Crippen LogP contribution in [-0.2, 0) is 0 Å². The third kappa shape index (κ3) is 1.89. The van der Waals surface area contributed by atoms with Crippen molar-refractivity contribution in [1.29, 1.82) is 0 Å². The van der Waals surface area contributed by atoms with Crippen molar-refractivity contribution >= 4 is 0 Å². The summed E-state index contributed by atoms with van der Waals surface area (Å²) in [5.41, 5.74) is 6.08. The van der Waals surface area contributed by atoms with E-state index in [2.05, 4.69) is 0 Å². The molecule has 4 atom stereocenters. The minimum atomic E-state index is -0.229. The van der Waals surface area contributed by atoms with Gasteiger partial charge in [-0.25, -0.2) is 0 Å². The normalized spacial score (nSPS) is 46.6. The maximum Gasteiger partial charge on any atom is 0.0693 e. The zero-order valence-corrected chi connectivity index (χ0v) is 8.28. The second-order valence-corrected chi connectivity index (χ2v) is 4.78. The van der Waals surface area contributed by atoms with E-state index >= 15 is 0 Å². The lowest BCUT2D eigenvalue weighted by molar-refractivity contribution is 0.0926. The van der Waals surface area contributed by atoms with Gasteiger partial charge < -0.3 is 10.8 Å². The Hall–Kier alpha value is -0.0800. The molecular weight excluding hydrogens is 162 g/mol. The minimum Gasteiger partial charge on any atom is -0.392 e. The van der Waals surface area contributed by atoms with E-state index in [1.54, 1.807) is 0 Å². The zero-order chi connectivity index (χ0) is 9.26. The SMILES string of the molecule is N[C@@H]1[C@H]2CCCC[C@@H]2CCC[C@@H]1O. The average molecular weight is 183 g/mol. The predicted molar refractivity (Wildman–Crippen MR) is 53.3 cm³/mol. The average Bonchev–Trinajstić information content (AvgIpc) is 2.29. The van der Waals surface area contributed by atoms with Gasteiger partial charge in [-0.3, -0.25) is 0 Å². The van der Waals surface area contributed by atoms with E-state index in [0.717, 1.165) is 12.3 Å². The number of aliphatic hydroxyl groups excluding tert-OH is 1. The second kappa shape index (κ2) is 3.97. The molecule has 2 heteroatoms. The van der Waals surface area contributed by atoms with Crippen molar-refractivity contribution in [1.82, 2.24) is 0 Å². The van der Waals surface area contributed by atoms with Gasteiger partial charge in [-0.05, 0) is 24.7 Å². The number of fused-ring (bicyclic) bond motifs is 1. The third-order valence-electron chi connectivity index (χ3n) is 3.98. The van der Waals surface area contributed by atoms with Gasteiger partial charge in [-0.15, -0.1) is 0 Å². The molecule has 3 N–H and O–H groups in total. The highest BCUT2D eigenvalue weighted by Gasteiger charge is 2.35. The van der Waals surface area contributed by atoms with E-state index in [1.807, 2.05) is 0 Å². The minimum absolute atomic E-state index is 0.0628. The summed E-state index contributed by atoms with van der Waals surface area (Å²) in [6, 6.07) is 0.0628. The Labute approximate surface area is 80.5 Å². The van der Waals surface area contributed by atoms with Crippen LogP contribution in [0.1, 0.15) is 44.9 Å². The van der Waals surface area contributed by atoms with Crippen LogP contribution in [0, 0.1) is 11.8 Å². The summed E-state index contributed by atoms with van der Waals surface area (Å²) in [6.45, 7) is 0. The van der Waals surface area contributed by atoms with Gasteiger partial charge in [0.05, 0.1) is 6.10 Å². The summed E-state index contributed by atoms with van der Waals surface area (Å²) in [6.07, 6.45) is 8.48. The van der Waals surface area contributed by atoms with Gasteiger partial charge in [0.2, 0.25) is 0 Å². The Kier molecular flexibility index (Phi) is 2.89. The van der Waals surface area contributed by atoms with Gasteiger partial charge in [0.15, 0.2) is 0 Å². The first-order chi connectivity index (χ1) is 6.29. The molecule has 76 valence electrons. The highest BCUT2D eigenvalue weighted by atomic mass is 16.3. The highest BCUT2D eigenvalue weighted by molar-refractivity contribution is 4.89. The van der Waals surface area contributed by atoms with Gasteiger partial charge in [-0.1, -0.05) is 32.1 Å². The quantitative estimate of drug-likeness (QED) is 0.600. The Bertz CT molecular complexity index is 169. The van der Waals surface area contributed by atoms with Crippen molar-refractivity contribution < 1.29 is 5.11 Å². The van der Waals surface area contributed by atoms with E-state index in [1.165, 1.54) is 38.5 Å². The molecule has 0 aliphatic heterocycles. The van der Waals surface area contributed by atoms with E-state index < -0.39 is 0 Å². The third-order valence-corrected chi connectivity index (χ3v) is 3.98. The summed E-state index contributed by atoms with van der Waals surface area (Å²) >= 11 is 0. The van der Waals surface area contributed by atoms with E-state index in [0.29, 0.717) is 5.92 Å². The molecule has 0 bridgehead atoms. The fourth-order valence-electron chi connectivity index (χ4n) is 3.17. The van der Waals surface area contributed by atoms with Crippen LogP contribution < -0.4 is 5.73 Å². The van der Waals surface area contributed by atoms with E-state index in [-0.39, 0.29) is 12.1 Å². The molecule has 0 heterocycles. The summed E-state index contributed by atoms with van der Waals surface area (Å²) in [5, 5.41) is 9.77. The molecule has 0 aromatic carbocycles. The Balaban J connectivity index is 2.06. The van der Waals surface area contributed by atoms with Gasteiger partial charge in [0.1, 0.15) is 0 Å². The lowest BCUT2D eigenvalue weighted by Gasteiger charge is -2.34. The van der Waals surface area contributed by atoms with Crippen LogP contribution >= 0.6 is 0 Å². The smallest absolute Gasteiger partial charge is 0.0693 e. The topological polar surface area (TPSA) is 46.2 Å². The largest absolute Gasteiger partial charge is 0.392 e. The van der Waals surface area contributed by atoms with Gasteiger partial charge in [0.25, 0.3) is 0 Å². The zero-order valence-electron chi connectivity index (χ0n) is 8.28. The van der Waals surface area contributed by atoms with Crippen molar-refractivity contribution in [2.45, 2.75) is 57.1 Å². The van der Waals surface area contributed by atoms with Crippen LogP contribution in [0.4, 0.5) is 0 Å². The molecule has 13 heavy (non-hydrogen) atoms. The number of hydrogen-bond donors (Lipinski definition) is 2. The van der Waals surface area contributed by atoms with Crippen LogP contribution in [0.25, 0.3) is 0 Å². The summed E-state index contributed by atoms with van der Waals surface area (Å²) < 4.78 is 0. The Morgan fingerprint density at radius 3 is 2.46 bits per heavy atom. The molecule has 0 spiro atoms. The Morgan fingerprint density at radius 2 is 1.62 bits per heavy atom. The van der Waals surface area contributed by atoms with Crippen LogP contribution in [-0.4, -0.2) is 17.3 Å². The molecule has 0 radical (unpaired) electrons.